The summed E-state index contributed by atoms with van der Waals surface area (Å²) in [6.07, 6.45) is 3.87. The monoisotopic (exact) mass is 353 g/mol. The number of carbonyl (C=O) groups excluding carboxylic acids is 2. The molecule has 4 N–H and O–H groups in total. The van der Waals surface area contributed by atoms with E-state index in [1.807, 2.05) is 6.07 Å². The fourth-order valence-corrected chi connectivity index (χ4v) is 3.55. The van der Waals surface area contributed by atoms with Crippen molar-refractivity contribution in [2.75, 3.05) is 0 Å². The number of amides is 2. The minimum Gasteiger partial charge on any atom is -0.369 e. The second-order valence-corrected chi connectivity index (χ2v) is 6.77. The van der Waals surface area contributed by atoms with Gasteiger partial charge in [0.05, 0.1) is 12.8 Å². The average Bonchev–Trinajstić information content (AvgIpc) is 2.61. The molecular formula is C19H23N5O2. The number of nitrogens with zero attached hydrogens (tertiary/aromatic N) is 3. The second kappa shape index (κ2) is 8.03. The number of aromatic nitrogens is 3. The molecule has 1 aliphatic rings. The molecule has 1 aromatic heterocycles. The van der Waals surface area contributed by atoms with Crippen molar-refractivity contribution in [3.8, 4) is 0 Å². The lowest BCUT2D eigenvalue weighted by Crippen LogP contribution is -2.22. The number of nitrogens with two attached hydrogens (primary N) is 2. The topological polar surface area (TPSA) is 125 Å². The van der Waals surface area contributed by atoms with Crippen LogP contribution in [-0.4, -0.2) is 26.8 Å². The van der Waals surface area contributed by atoms with E-state index >= 15 is 0 Å². The highest BCUT2D eigenvalue weighted by Crippen LogP contribution is 2.39. The third kappa shape index (κ3) is 4.62. The van der Waals surface area contributed by atoms with Gasteiger partial charge in [0.2, 0.25) is 11.8 Å². The van der Waals surface area contributed by atoms with Crippen molar-refractivity contribution in [2.24, 2.45) is 11.5 Å². The van der Waals surface area contributed by atoms with Crippen LogP contribution in [0.5, 0.6) is 0 Å². The molecule has 0 atom stereocenters. The summed E-state index contributed by atoms with van der Waals surface area (Å²) in [5.41, 5.74) is 11.9. The number of hydrogen-bond donors (Lipinski definition) is 2. The largest absolute Gasteiger partial charge is 0.369 e. The molecule has 0 saturated heterocycles. The van der Waals surface area contributed by atoms with E-state index in [-0.39, 0.29) is 18.8 Å². The van der Waals surface area contributed by atoms with Gasteiger partial charge in [0, 0.05) is 5.92 Å². The molecule has 1 aromatic carbocycles. The summed E-state index contributed by atoms with van der Waals surface area (Å²) in [6.45, 7) is 0. The van der Waals surface area contributed by atoms with Crippen LogP contribution >= 0.6 is 0 Å². The van der Waals surface area contributed by atoms with Gasteiger partial charge in [-0.15, -0.1) is 0 Å². The molecular weight excluding hydrogens is 330 g/mol. The minimum atomic E-state index is -0.514. The minimum absolute atomic E-state index is 0.0688. The molecule has 2 aromatic rings. The second-order valence-electron chi connectivity index (χ2n) is 6.77. The molecule has 2 amide bonds. The maximum absolute atomic E-state index is 11.2. The lowest BCUT2D eigenvalue weighted by Gasteiger charge is -2.28. The Morgan fingerprint density at radius 2 is 1.31 bits per heavy atom. The van der Waals surface area contributed by atoms with Gasteiger partial charge >= 0.3 is 0 Å². The Balaban J connectivity index is 1.76. The van der Waals surface area contributed by atoms with Gasteiger partial charge in [-0.3, -0.25) is 9.59 Å². The van der Waals surface area contributed by atoms with Gasteiger partial charge in [0.25, 0.3) is 0 Å². The van der Waals surface area contributed by atoms with Gasteiger partial charge in [-0.05, 0) is 37.2 Å². The molecule has 1 fully saturated rings. The van der Waals surface area contributed by atoms with Crippen molar-refractivity contribution in [3.05, 3.63) is 53.4 Å². The van der Waals surface area contributed by atoms with Crippen molar-refractivity contribution in [1.82, 2.24) is 15.0 Å². The quantitative estimate of drug-likeness (QED) is 0.811. The molecule has 7 nitrogen and oxygen atoms in total. The van der Waals surface area contributed by atoms with Gasteiger partial charge in [0.15, 0.2) is 0 Å². The molecule has 1 saturated carbocycles. The Kier molecular flexibility index (Phi) is 5.55. The first-order chi connectivity index (χ1) is 12.5. The Morgan fingerprint density at radius 3 is 1.81 bits per heavy atom. The number of benzene rings is 1. The maximum atomic E-state index is 11.2. The van der Waals surface area contributed by atoms with Gasteiger partial charge in [-0.2, -0.15) is 0 Å². The Morgan fingerprint density at radius 1 is 0.808 bits per heavy atom. The highest BCUT2D eigenvalue weighted by molar-refractivity contribution is 5.76. The first-order valence-electron chi connectivity index (χ1n) is 8.86. The van der Waals surface area contributed by atoms with Crippen LogP contribution in [0.15, 0.2) is 30.3 Å². The summed E-state index contributed by atoms with van der Waals surface area (Å²) in [6, 6.07) is 10.5. The molecule has 0 unspecified atom stereocenters. The Hall–Kier alpha value is -2.83. The summed E-state index contributed by atoms with van der Waals surface area (Å²) in [4.78, 5) is 35.4. The van der Waals surface area contributed by atoms with E-state index in [0.717, 1.165) is 25.7 Å². The van der Waals surface area contributed by atoms with E-state index in [1.165, 1.54) is 5.56 Å². The molecule has 3 rings (SSSR count). The fourth-order valence-electron chi connectivity index (χ4n) is 3.55. The zero-order valence-corrected chi connectivity index (χ0v) is 14.6. The molecule has 26 heavy (non-hydrogen) atoms. The molecule has 0 aliphatic heterocycles. The lowest BCUT2D eigenvalue weighted by atomic mass is 9.78. The van der Waals surface area contributed by atoms with Crippen molar-refractivity contribution in [3.63, 3.8) is 0 Å². The molecule has 0 bridgehead atoms. The van der Waals surface area contributed by atoms with Crippen LogP contribution in [0.1, 0.15) is 60.6 Å². The van der Waals surface area contributed by atoms with Crippen LogP contribution in [0.4, 0.5) is 0 Å². The summed E-state index contributed by atoms with van der Waals surface area (Å²) >= 11 is 0. The van der Waals surface area contributed by atoms with Gasteiger partial charge in [-0.1, -0.05) is 30.3 Å². The number of hydrogen-bond acceptors (Lipinski definition) is 5. The number of primary amides is 2. The summed E-state index contributed by atoms with van der Waals surface area (Å²) in [7, 11) is 0. The molecule has 7 heteroatoms. The van der Waals surface area contributed by atoms with Crippen LogP contribution in [0.3, 0.4) is 0 Å². The fraction of sp³-hybridized carbons (Fsp3) is 0.421. The van der Waals surface area contributed by atoms with Gasteiger partial charge < -0.3 is 11.5 Å². The van der Waals surface area contributed by atoms with Crippen molar-refractivity contribution in [2.45, 2.75) is 50.4 Å². The smallest absolute Gasteiger partial charge is 0.225 e. The van der Waals surface area contributed by atoms with Gasteiger partial charge in [-0.25, -0.2) is 15.0 Å². The predicted octanol–water partition coefficient (Wildman–Crippen LogP) is 1.37. The predicted molar refractivity (Wildman–Crippen MR) is 96.0 cm³/mol. The highest BCUT2D eigenvalue weighted by atomic mass is 16.1. The Bertz CT molecular complexity index is 752. The maximum Gasteiger partial charge on any atom is 0.225 e. The van der Waals surface area contributed by atoms with Gasteiger partial charge in [0.1, 0.15) is 17.5 Å². The van der Waals surface area contributed by atoms with Crippen LogP contribution in [0.2, 0.25) is 0 Å². The Labute approximate surface area is 152 Å². The van der Waals surface area contributed by atoms with Crippen LogP contribution in [0, 0.1) is 0 Å². The zero-order chi connectivity index (χ0) is 18.5. The number of rotatable bonds is 6. The SMILES string of the molecule is NC(=O)Cc1nc(CC(N)=O)nc(C2CCC(c3ccccc3)CC2)n1. The van der Waals surface area contributed by atoms with Crippen LogP contribution in [0.25, 0.3) is 0 Å². The highest BCUT2D eigenvalue weighted by Gasteiger charge is 2.26. The molecule has 0 radical (unpaired) electrons. The summed E-state index contributed by atoms with van der Waals surface area (Å²) < 4.78 is 0. The van der Waals surface area contributed by atoms with Crippen molar-refractivity contribution >= 4 is 11.8 Å². The molecule has 0 spiro atoms. The molecule has 1 heterocycles. The van der Waals surface area contributed by atoms with E-state index in [1.54, 1.807) is 0 Å². The van der Waals surface area contributed by atoms with Crippen LogP contribution in [-0.2, 0) is 22.4 Å². The van der Waals surface area contributed by atoms with E-state index in [2.05, 4.69) is 39.2 Å². The van der Waals surface area contributed by atoms with E-state index in [4.69, 9.17) is 11.5 Å². The summed E-state index contributed by atoms with van der Waals surface area (Å²) in [5.74, 6) is 0.965. The lowest BCUT2D eigenvalue weighted by molar-refractivity contribution is -0.118. The third-order valence-corrected chi connectivity index (χ3v) is 4.77. The first kappa shape index (κ1) is 18.0. The molecule has 136 valence electrons. The van der Waals surface area contributed by atoms with Crippen LogP contribution < -0.4 is 11.5 Å². The van der Waals surface area contributed by atoms with E-state index in [9.17, 15) is 9.59 Å². The molecule has 1 aliphatic carbocycles. The van der Waals surface area contributed by atoms with Crippen molar-refractivity contribution in [1.29, 1.82) is 0 Å². The van der Waals surface area contributed by atoms with E-state index in [0.29, 0.717) is 23.4 Å². The summed E-state index contributed by atoms with van der Waals surface area (Å²) in [5, 5.41) is 0. The number of carbonyl (C=O) groups is 2. The normalized spacial score (nSPS) is 19.8. The van der Waals surface area contributed by atoms with Crippen molar-refractivity contribution < 1.29 is 9.59 Å². The van der Waals surface area contributed by atoms with E-state index < -0.39 is 11.8 Å². The average molecular weight is 353 g/mol. The standard InChI is InChI=1S/C19H23N5O2/c20-15(25)10-17-22-18(11-16(21)26)24-19(23-17)14-8-6-13(7-9-14)12-4-2-1-3-5-12/h1-5,13-14H,6-11H2,(H2,20,25)(H2,21,26). The first-order valence-corrected chi connectivity index (χ1v) is 8.86. The zero-order valence-electron chi connectivity index (χ0n) is 14.6. The third-order valence-electron chi connectivity index (χ3n) is 4.77.